The van der Waals surface area contributed by atoms with E-state index in [-0.39, 0.29) is 5.75 Å². The van der Waals surface area contributed by atoms with Crippen LogP contribution in [0.25, 0.3) is 0 Å². The minimum Gasteiger partial charge on any atom is -0.508 e. The highest BCUT2D eigenvalue weighted by Gasteiger charge is 2.19. The van der Waals surface area contributed by atoms with Crippen molar-refractivity contribution in [3.63, 3.8) is 0 Å². The molecule has 1 heterocycles. The van der Waals surface area contributed by atoms with Crippen molar-refractivity contribution >= 4 is 0 Å². The third kappa shape index (κ3) is 1.82. The van der Waals surface area contributed by atoms with Crippen molar-refractivity contribution in [2.24, 2.45) is 5.92 Å². The van der Waals surface area contributed by atoms with Crippen LogP contribution in [-0.4, -0.2) is 25.4 Å². The SMILES string of the molecule is COCC1COc2cc(O)ccc2C1. The molecule has 1 atom stereocenters. The number of phenolic OH excluding ortho intramolecular Hbond substituents is 1. The highest BCUT2D eigenvalue weighted by Crippen LogP contribution is 2.30. The molecule has 0 aliphatic carbocycles. The second kappa shape index (κ2) is 3.88. The van der Waals surface area contributed by atoms with Crippen molar-refractivity contribution in [2.45, 2.75) is 6.42 Å². The molecule has 1 aliphatic rings. The minimum absolute atomic E-state index is 0.258. The molecule has 0 amide bonds. The summed E-state index contributed by atoms with van der Waals surface area (Å²) in [6.07, 6.45) is 0.962. The number of hydrogen-bond acceptors (Lipinski definition) is 3. The lowest BCUT2D eigenvalue weighted by atomic mass is 9.97. The van der Waals surface area contributed by atoms with Gasteiger partial charge in [0.2, 0.25) is 0 Å². The number of ether oxygens (including phenoxy) is 2. The van der Waals surface area contributed by atoms with Gasteiger partial charge in [-0.3, -0.25) is 0 Å². The molecule has 2 rings (SSSR count). The molecule has 1 unspecified atom stereocenters. The van der Waals surface area contributed by atoms with Crippen LogP contribution >= 0.6 is 0 Å². The van der Waals surface area contributed by atoms with Crippen LogP contribution in [0.15, 0.2) is 18.2 Å². The molecule has 1 aromatic rings. The Bertz CT molecular complexity index is 322. The van der Waals surface area contributed by atoms with Gasteiger partial charge in [-0.05, 0) is 18.1 Å². The van der Waals surface area contributed by atoms with Crippen molar-refractivity contribution < 1.29 is 14.6 Å². The van der Waals surface area contributed by atoms with Crippen LogP contribution in [0.2, 0.25) is 0 Å². The summed E-state index contributed by atoms with van der Waals surface area (Å²) in [5.41, 5.74) is 1.15. The van der Waals surface area contributed by atoms with E-state index in [9.17, 15) is 5.11 Å². The maximum absolute atomic E-state index is 9.25. The van der Waals surface area contributed by atoms with Gasteiger partial charge in [-0.25, -0.2) is 0 Å². The van der Waals surface area contributed by atoms with Crippen LogP contribution < -0.4 is 4.74 Å². The second-order valence-corrected chi connectivity index (χ2v) is 3.63. The average molecular weight is 194 g/mol. The van der Waals surface area contributed by atoms with E-state index in [1.807, 2.05) is 6.07 Å². The van der Waals surface area contributed by atoms with Gasteiger partial charge in [0.1, 0.15) is 11.5 Å². The number of rotatable bonds is 2. The van der Waals surface area contributed by atoms with Gasteiger partial charge in [0.25, 0.3) is 0 Å². The van der Waals surface area contributed by atoms with Gasteiger partial charge in [0.05, 0.1) is 13.2 Å². The molecule has 1 N–H and O–H groups in total. The quantitative estimate of drug-likeness (QED) is 0.777. The molecule has 0 saturated carbocycles. The first-order valence-electron chi connectivity index (χ1n) is 4.73. The van der Waals surface area contributed by atoms with E-state index in [2.05, 4.69) is 0 Å². The number of benzene rings is 1. The molecule has 1 aliphatic heterocycles. The predicted octanol–water partition coefficient (Wildman–Crippen LogP) is 1.59. The van der Waals surface area contributed by atoms with Gasteiger partial charge in [0.15, 0.2) is 0 Å². The molecule has 0 aromatic heterocycles. The summed E-state index contributed by atoms with van der Waals surface area (Å²) < 4.78 is 10.6. The van der Waals surface area contributed by atoms with Crippen molar-refractivity contribution in [1.29, 1.82) is 0 Å². The molecule has 0 fully saturated rings. The fourth-order valence-corrected chi connectivity index (χ4v) is 1.77. The topological polar surface area (TPSA) is 38.7 Å². The van der Waals surface area contributed by atoms with Gasteiger partial charge in [-0.1, -0.05) is 6.07 Å². The van der Waals surface area contributed by atoms with E-state index < -0.39 is 0 Å². The number of aromatic hydroxyl groups is 1. The van der Waals surface area contributed by atoms with Gasteiger partial charge < -0.3 is 14.6 Å². The Morgan fingerprint density at radius 2 is 2.43 bits per heavy atom. The van der Waals surface area contributed by atoms with E-state index in [1.54, 1.807) is 19.2 Å². The molecular formula is C11H14O3. The van der Waals surface area contributed by atoms with Gasteiger partial charge in [-0.2, -0.15) is 0 Å². The number of phenols is 1. The largest absolute Gasteiger partial charge is 0.508 e. The molecule has 1 aromatic carbocycles. The lowest BCUT2D eigenvalue weighted by Crippen LogP contribution is -2.24. The normalized spacial score (nSPS) is 19.9. The Hall–Kier alpha value is -1.22. The van der Waals surface area contributed by atoms with Crippen LogP contribution in [0.4, 0.5) is 0 Å². The van der Waals surface area contributed by atoms with Gasteiger partial charge >= 0.3 is 0 Å². The molecule has 0 saturated heterocycles. The molecule has 0 spiro atoms. The molecule has 3 heteroatoms. The first-order valence-corrected chi connectivity index (χ1v) is 4.73. The maximum Gasteiger partial charge on any atom is 0.126 e. The zero-order chi connectivity index (χ0) is 9.97. The fraction of sp³-hybridized carbons (Fsp3) is 0.455. The Labute approximate surface area is 83.3 Å². The first-order chi connectivity index (χ1) is 6.79. The number of hydrogen-bond donors (Lipinski definition) is 1. The zero-order valence-corrected chi connectivity index (χ0v) is 8.19. The van der Waals surface area contributed by atoms with E-state index in [4.69, 9.17) is 9.47 Å². The predicted molar refractivity (Wildman–Crippen MR) is 52.7 cm³/mol. The summed E-state index contributed by atoms with van der Waals surface area (Å²) in [6, 6.07) is 5.27. The summed E-state index contributed by atoms with van der Waals surface area (Å²) in [4.78, 5) is 0. The van der Waals surface area contributed by atoms with Crippen molar-refractivity contribution in [1.82, 2.24) is 0 Å². The summed E-state index contributed by atoms with van der Waals surface area (Å²) in [5, 5.41) is 9.25. The third-order valence-electron chi connectivity index (χ3n) is 2.44. The van der Waals surface area contributed by atoms with Gasteiger partial charge in [-0.15, -0.1) is 0 Å². The zero-order valence-electron chi connectivity index (χ0n) is 8.19. The fourth-order valence-electron chi connectivity index (χ4n) is 1.77. The Balaban J connectivity index is 2.15. The molecule has 0 bridgehead atoms. The number of methoxy groups -OCH3 is 1. The summed E-state index contributed by atoms with van der Waals surface area (Å²) in [6.45, 7) is 1.39. The van der Waals surface area contributed by atoms with E-state index in [0.717, 1.165) is 24.3 Å². The average Bonchev–Trinajstić information content (AvgIpc) is 2.19. The summed E-state index contributed by atoms with van der Waals surface area (Å²) in [5.74, 6) is 1.49. The van der Waals surface area contributed by atoms with E-state index in [1.165, 1.54) is 0 Å². The van der Waals surface area contributed by atoms with Crippen molar-refractivity contribution in [2.75, 3.05) is 20.3 Å². The Morgan fingerprint density at radius 3 is 3.21 bits per heavy atom. The third-order valence-corrected chi connectivity index (χ3v) is 2.44. The molecular weight excluding hydrogens is 180 g/mol. The molecule has 0 radical (unpaired) electrons. The van der Waals surface area contributed by atoms with Gasteiger partial charge in [0, 0.05) is 19.1 Å². The minimum atomic E-state index is 0.258. The highest BCUT2D eigenvalue weighted by molar-refractivity contribution is 5.41. The highest BCUT2D eigenvalue weighted by atomic mass is 16.5. The standard InChI is InChI=1S/C11H14O3/c1-13-6-8-4-9-2-3-10(12)5-11(9)14-7-8/h2-3,5,8,12H,4,6-7H2,1H3. The monoisotopic (exact) mass is 194 g/mol. The van der Waals surface area contributed by atoms with Crippen molar-refractivity contribution in [3.8, 4) is 11.5 Å². The maximum atomic E-state index is 9.25. The van der Waals surface area contributed by atoms with E-state index >= 15 is 0 Å². The van der Waals surface area contributed by atoms with Crippen LogP contribution in [0.1, 0.15) is 5.56 Å². The van der Waals surface area contributed by atoms with Crippen molar-refractivity contribution in [3.05, 3.63) is 23.8 Å². The van der Waals surface area contributed by atoms with Crippen LogP contribution in [-0.2, 0) is 11.2 Å². The molecule has 3 nitrogen and oxygen atoms in total. The van der Waals surface area contributed by atoms with Crippen LogP contribution in [0.3, 0.4) is 0 Å². The molecule has 14 heavy (non-hydrogen) atoms. The number of fused-ring (bicyclic) bond motifs is 1. The Morgan fingerprint density at radius 1 is 1.57 bits per heavy atom. The lowest BCUT2D eigenvalue weighted by Gasteiger charge is -2.24. The second-order valence-electron chi connectivity index (χ2n) is 3.63. The smallest absolute Gasteiger partial charge is 0.126 e. The molecule has 76 valence electrons. The lowest BCUT2D eigenvalue weighted by molar-refractivity contribution is 0.107. The van der Waals surface area contributed by atoms with Crippen LogP contribution in [0, 0.1) is 5.92 Å². The Kier molecular flexibility index (Phi) is 2.59. The summed E-state index contributed by atoms with van der Waals surface area (Å²) in [7, 11) is 1.70. The first kappa shape index (κ1) is 9.34. The van der Waals surface area contributed by atoms with Crippen LogP contribution in [0.5, 0.6) is 11.5 Å². The summed E-state index contributed by atoms with van der Waals surface area (Å²) >= 11 is 0. The van der Waals surface area contributed by atoms with E-state index in [0.29, 0.717) is 12.5 Å².